The van der Waals surface area contributed by atoms with Crippen molar-refractivity contribution in [2.24, 2.45) is 0 Å². The van der Waals surface area contributed by atoms with Crippen LogP contribution in [-0.4, -0.2) is 19.1 Å². The quantitative estimate of drug-likeness (QED) is 0.448. The molecule has 1 aliphatic carbocycles. The number of nitrogens with one attached hydrogen (secondary N) is 1. The van der Waals surface area contributed by atoms with Crippen LogP contribution in [0.25, 0.3) is 27.7 Å². The topological polar surface area (TPSA) is 51.5 Å². The number of methoxy groups -OCH3 is 1. The third-order valence-electron chi connectivity index (χ3n) is 6.64. The van der Waals surface area contributed by atoms with Crippen LogP contribution in [0, 0.1) is 20.8 Å². The molecule has 168 valence electrons. The van der Waals surface area contributed by atoms with Crippen LogP contribution < -0.4 is 10.1 Å². The standard InChI is InChI=1S/C28H33NO3/c1-17-11-12-22(18(2)13-17)25-16-32-28-20(4)27(31-5)23(15-24(25)28)19(3)14-26(30)29-21-9-7-6-8-10-21/h11-16,21H,6-10H2,1-5H3,(H,29,30)/b19-14+. The van der Waals surface area contributed by atoms with E-state index in [4.69, 9.17) is 9.15 Å². The molecule has 0 saturated heterocycles. The summed E-state index contributed by atoms with van der Waals surface area (Å²) in [6.07, 6.45) is 9.33. The Bertz CT molecular complexity index is 1180. The zero-order valence-electron chi connectivity index (χ0n) is 19.8. The average Bonchev–Trinajstić information content (AvgIpc) is 3.18. The maximum absolute atomic E-state index is 12.7. The summed E-state index contributed by atoms with van der Waals surface area (Å²) >= 11 is 0. The van der Waals surface area contributed by atoms with Gasteiger partial charge < -0.3 is 14.5 Å². The minimum absolute atomic E-state index is 0.0315. The summed E-state index contributed by atoms with van der Waals surface area (Å²) in [4.78, 5) is 12.7. The Balaban J connectivity index is 1.75. The van der Waals surface area contributed by atoms with Crippen LogP contribution in [0.5, 0.6) is 5.75 Å². The Labute approximate surface area is 190 Å². The van der Waals surface area contributed by atoms with Crippen LogP contribution in [0.3, 0.4) is 0 Å². The number of hydrogen-bond donors (Lipinski definition) is 1. The van der Waals surface area contributed by atoms with Gasteiger partial charge in [0.15, 0.2) is 0 Å². The van der Waals surface area contributed by atoms with Gasteiger partial charge in [0.1, 0.15) is 11.3 Å². The highest BCUT2D eigenvalue weighted by Crippen LogP contribution is 2.41. The van der Waals surface area contributed by atoms with E-state index >= 15 is 0 Å². The first-order valence-corrected chi connectivity index (χ1v) is 11.5. The van der Waals surface area contributed by atoms with Crippen molar-refractivity contribution >= 4 is 22.4 Å². The minimum atomic E-state index is -0.0315. The van der Waals surface area contributed by atoms with E-state index in [0.29, 0.717) is 0 Å². The van der Waals surface area contributed by atoms with E-state index in [1.807, 2.05) is 20.1 Å². The van der Waals surface area contributed by atoms with Crippen molar-refractivity contribution in [3.05, 3.63) is 58.9 Å². The molecule has 1 aromatic heterocycles. The van der Waals surface area contributed by atoms with Gasteiger partial charge >= 0.3 is 0 Å². The number of rotatable bonds is 5. The van der Waals surface area contributed by atoms with Crippen molar-refractivity contribution in [1.82, 2.24) is 5.32 Å². The Morgan fingerprint density at radius 2 is 1.84 bits per heavy atom. The highest BCUT2D eigenvalue weighted by Gasteiger charge is 2.20. The molecule has 0 bridgehead atoms. The van der Waals surface area contributed by atoms with Gasteiger partial charge in [-0.25, -0.2) is 0 Å². The van der Waals surface area contributed by atoms with Gasteiger partial charge in [0, 0.05) is 34.2 Å². The highest BCUT2D eigenvalue weighted by molar-refractivity contribution is 6.02. The predicted octanol–water partition coefficient (Wildman–Crippen LogP) is 6.89. The van der Waals surface area contributed by atoms with Crippen molar-refractivity contribution in [1.29, 1.82) is 0 Å². The maximum atomic E-state index is 12.7. The van der Waals surface area contributed by atoms with E-state index in [1.165, 1.54) is 30.4 Å². The van der Waals surface area contributed by atoms with Gasteiger partial charge in [0.25, 0.3) is 0 Å². The number of allylic oxidation sites excluding steroid dienone is 1. The first-order valence-electron chi connectivity index (χ1n) is 11.5. The number of amides is 1. The van der Waals surface area contributed by atoms with E-state index in [1.54, 1.807) is 13.2 Å². The average molecular weight is 432 g/mol. The number of ether oxygens (including phenoxy) is 1. The lowest BCUT2D eigenvalue weighted by atomic mass is 9.94. The molecule has 4 nitrogen and oxygen atoms in total. The van der Waals surface area contributed by atoms with Gasteiger partial charge in [-0.1, -0.05) is 43.0 Å². The molecule has 4 rings (SSSR count). The minimum Gasteiger partial charge on any atom is -0.496 e. The number of hydrogen-bond acceptors (Lipinski definition) is 3. The van der Waals surface area contributed by atoms with Crippen LogP contribution in [0.1, 0.15) is 61.3 Å². The van der Waals surface area contributed by atoms with Gasteiger partial charge in [0.05, 0.1) is 13.4 Å². The van der Waals surface area contributed by atoms with Gasteiger partial charge in [-0.3, -0.25) is 4.79 Å². The van der Waals surface area contributed by atoms with E-state index in [0.717, 1.165) is 57.4 Å². The number of fused-ring (bicyclic) bond motifs is 1. The molecule has 1 saturated carbocycles. The predicted molar refractivity (Wildman–Crippen MR) is 131 cm³/mol. The molecular weight excluding hydrogens is 398 g/mol. The Morgan fingerprint density at radius 3 is 2.53 bits per heavy atom. The zero-order chi connectivity index (χ0) is 22.8. The molecule has 0 radical (unpaired) electrons. The summed E-state index contributed by atoms with van der Waals surface area (Å²) in [6, 6.07) is 8.84. The van der Waals surface area contributed by atoms with Gasteiger partial charge in [-0.05, 0) is 63.3 Å². The molecular formula is C28H33NO3. The fourth-order valence-corrected chi connectivity index (χ4v) is 4.96. The largest absolute Gasteiger partial charge is 0.496 e. The van der Waals surface area contributed by atoms with Crippen molar-refractivity contribution in [3.8, 4) is 16.9 Å². The summed E-state index contributed by atoms with van der Waals surface area (Å²) < 4.78 is 11.8. The first-order chi connectivity index (χ1) is 15.4. The van der Waals surface area contributed by atoms with Crippen LogP contribution in [0.2, 0.25) is 0 Å². The molecule has 1 N–H and O–H groups in total. The molecule has 0 unspecified atom stereocenters. The molecule has 0 spiro atoms. The Kier molecular flexibility index (Phi) is 6.40. The van der Waals surface area contributed by atoms with E-state index in [9.17, 15) is 4.79 Å². The Morgan fingerprint density at radius 1 is 1.09 bits per heavy atom. The fourth-order valence-electron chi connectivity index (χ4n) is 4.96. The van der Waals surface area contributed by atoms with Crippen molar-refractivity contribution < 1.29 is 13.9 Å². The lowest BCUT2D eigenvalue weighted by Gasteiger charge is -2.22. The van der Waals surface area contributed by atoms with Gasteiger partial charge in [-0.15, -0.1) is 0 Å². The smallest absolute Gasteiger partial charge is 0.244 e. The third kappa shape index (κ3) is 4.32. The molecule has 1 aliphatic rings. The SMILES string of the molecule is COc1c(/C(C)=C/C(=O)NC2CCCCC2)cc2c(-c3ccc(C)cc3C)coc2c1C. The van der Waals surface area contributed by atoms with E-state index < -0.39 is 0 Å². The molecule has 1 amide bonds. The highest BCUT2D eigenvalue weighted by atomic mass is 16.5. The maximum Gasteiger partial charge on any atom is 0.244 e. The van der Waals surface area contributed by atoms with E-state index in [2.05, 4.69) is 43.4 Å². The number of carbonyl (C=O) groups is 1. The monoisotopic (exact) mass is 431 g/mol. The lowest BCUT2D eigenvalue weighted by molar-refractivity contribution is -0.117. The van der Waals surface area contributed by atoms with Gasteiger partial charge in [-0.2, -0.15) is 0 Å². The molecule has 4 heteroatoms. The van der Waals surface area contributed by atoms with Gasteiger partial charge in [0.2, 0.25) is 5.91 Å². The normalized spacial score (nSPS) is 15.2. The second-order valence-corrected chi connectivity index (χ2v) is 9.10. The summed E-state index contributed by atoms with van der Waals surface area (Å²) in [6.45, 7) is 8.21. The number of furan rings is 1. The van der Waals surface area contributed by atoms with Crippen LogP contribution in [0.4, 0.5) is 0 Å². The number of benzene rings is 2. The molecule has 1 heterocycles. The van der Waals surface area contributed by atoms with Crippen molar-refractivity contribution in [3.63, 3.8) is 0 Å². The molecule has 2 aromatic carbocycles. The third-order valence-corrected chi connectivity index (χ3v) is 6.64. The van der Waals surface area contributed by atoms with Crippen LogP contribution in [0.15, 0.2) is 41.0 Å². The van der Waals surface area contributed by atoms with Crippen molar-refractivity contribution in [2.75, 3.05) is 7.11 Å². The van der Waals surface area contributed by atoms with E-state index in [-0.39, 0.29) is 11.9 Å². The fraction of sp³-hybridized carbons (Fsp3) is 0.393. The second-order valence-electron chi connectivity index (χ2n) is 9.10. The lowest BCUT2D eigenvalue weighted by Crippen LogP contribution is -2.35. The number of carbonyl (C=O) groups excluding carboxylic acids is 1. The zero-order valence-corrected chi connectivity index (χ0v) is 19.8. The second kappa shape index (κ2) is 9.23. The summed E-state index contributed by atoms with van der Waals surface area (Å²) in [5, 5.41) is 4.21. The van der Waals surface area contributed by atoms with Crippen LogP contribution >= 0.6 is 0 Å². The Hall–Kier alpha value is -3.01. The molecule has 32 heavy (non-hydrogen) atoms. The number of aryl methyl sites for hydroxylation is 3. The summed E-state index contributed by atoms with van der Waals surface area (Å²) in [5.74, 6) is 0.717. The molecule has 1 fully saturated rings. The first kappa shape index (κ1) is 22.2. The van der Waals surface area contributed by atoms with Crippen LogP contribution in [-0.2, 0) is 4.79 Å². The molecule has 0 atom stereocenters. The molecule has 0 aliphatic heterocycles. The molecule has 3 aromatic rings. The summed E-state index contributed by atoms with van der Waals surface area (Å²) in [7, 11) is 1.67. The summed E-state index contributed by atoms with van der Waals surface area (Å²) in [5.41, 5.74) is 8.22. The van der Waals surface area contributed by atoms with Crippen molar-refractivity contribution in [2.45, 2.75) is 65.8 Å².